The molecule has 9 heteroatoms. The molecule has 0 bridgehead atoms. The number of methoxy groups -OCH3 is 3. The van der Waals surface area contributed by atoms with Gasteiger partial charge in [0.15, 0.2) is 28.8 Å². The van der Waals surface area contributed by atoms with Crippen molar-refractivity contribution in [2.24, 2.45) is 0 Å². The van der Waals surface area contributed by atoms with Crippen molar-refractivity contribution in [3.05, 3.63) is 35.4 Å². The number of aromatic hydroxyl groups is 3. The Hall–Kier alpha value is -3.17. The Morgan fingerprint density at radius 3 is 2.10 bits per heavy atom. The van der Waals surface area contributed by atoms with Gasteiger partial charge in [0.1, 0.15) is 0 Å². The summed E-state index contributed by atoms with van der Waals surface area (Å²) in [6.07, 6.45) is -1.33. The monoisotopic (exact) mass is 434 g/mol. The van der Waals surface area contributed by atoms with Crippen LogP contribution in [-0.4, -0.2) is 59.7 Å². The van der Waals surface area contributed by atoms with E-state index < -0.39 is 29.8 Å². The molecule has 31 heavy (non-hydrogen) atoms. The van der Waals surface area contributed by atoms with Crippen LogP contribution in [0.3, 0.4) is 0 Å². The lowest BCUT2D eigenvalue weighted by Crippen LogP contribution is -2.33. The number of hydrogen-bond acceptors (Lipinski definition) is 9. The summed E-state index contributed by atoms with van der Waals surface area (Å²) in [5.74, 6) is -0.999. The molecule has 0 spiro atoms. The lowest BCUT2D eigenvalue weighted by molar-refractivity contribution is -0.0963. The van der Waals surface area contributed by atoms with Gasteiger partial charge in [0.05, 0.1) is 39.6 Å². The molecule has 0 amide bonds. The number of hydrogen-bond donors (Lipinski definition) is 4. The van der Waals surface area contributed by atoms with E-state index >= 15 is 0 Å². The lowest BCUT2D eigenvalue weighted by Gasteiger charge is -2.33. The van der Waals surface area contributed by atoms with Crippen LogP contribution in [0.4, 0.5) is 0 Å². The summed E-state index contributed by atoms with van der Waals surface area (Å²) in [7, 11) is 4.14. The standard InChI is InChI=1S/C22H26O9/c1-28-18-5-11(4-16(25)21(18)26)15(24)10-14-8-13(23)9-17(31-14)12-6-19(29-2)22(27)20(7-12)30-3/h4-7,13-14,17,23,25-27H,8-10H2,1-3H3/t13-,14-,17+/m0/s1. The van der Waals surface area contributed by atoms with E-state index in [1.165, 1.54) is 27.4 Å². The van der Waals surface area contributed by atoms with Gasteiger partial charge in [0.2, 0.25) is 11.5 Å². The highest BCUT2D eigenvalue weighted by Gasteiger charge is 2.32. The molecular formula is C22H26O9. The lowest BCUT2D eigenvalue weighted by atomic mass is 9.92. The Morgan fingerprint density at radius 2 is 1.52 bits per heavy atom. The first-order chi connectivity index (χ1) is 14.8. The van der Waals surface area contributed by atoms with Gasteiger partial charge in [-0.05, 0) is 29.8 Å². The first kappa shape index (κ1) is 22.5. The number of aliphatic hydroxyl groups is 1. The van der Waals surface area contributed by atoms with Crippen molar-refractivity contribution in [2.75, 3.05) is 21.3 Å². The predicted molar refractivity (Wildman–Crippen MR) is 109 cm³/mol. The predicted octanol–water partition coefficient (Wildman–Crippen LogP) is 2.68. The zero-order valence-corrected chi connectivity index (χ0v) is 17.5. The quantitative estimate of drug-likeness (QED) is 0.383. The molecule has 4 N–H and O–H groups in total. The van der Waals surface area contributed by atoms with Crippen LogP contribution in [0.5, 0.6) is 34.5 Å². The summed E-state index contributed by atoms with van der Waals surface area (Å²) >= 11 is 0. The Morgan fingerprint density at radius 1 is 0.935 bits per heavy atom. The number of carbonyl (C=O) groups excluding carboxylic acids is 1. The van der Waals surface area contributed by atoms with Gasteiger partial charge in [-0.3, -0.25) is 4.79 Å². The van der Waals surface area contributed by atoms with Crippen LogP contribution in [0.2, 0.25) is 0 Å². The summed E-state index contributed by atoms with van der Waals surface area (Å²) in [6, 6.07) is 5.70. The van der Waals surface area contributed by atoms with Gasteiger partial charge in [-0.25, -0.2) is 0 Å². The number of phenolic OH excluding ortho intramolecular Hbond substituents is 3. The van der Waals surface area contributed by atoms with Gasteiger partial charge in [-0.1, -0.05) is 0 Å². The second kappa shape index (κ2) is 9.32. The third-order valence-corrected chi connectivity index (χ3v) is 5.26. The summed E-state index contributed by atoms with van der Waals surface area (Å²) in [5, 5.41) is 40.0. The van der Waals surface area contributed by atoms with Crippen LogP contribution in [0.15, 0.2) is 24.3 Å². The highest BCUT2D eigenvalue weighted by molar-refractivity contribution is 5.97. The van der Waals surface area contributed by atoms with E-state index in [2.05, 4.69) is 0 Å². The minimum Gasteiger partial charge on any atom is -0.504 e. The van der Waals surface area contributed by atoms with Crippen molar-refractivity contribution in [2.45, 2.75) is 37.6 Å². The molecule has 1 fully saturated rings. The highest BCUT2D eigenvalue weighted by atomic mass is 16.5. The van der Waals surface area contributed by atoms with E-state index in [0.717, 1.165) is 6.07 Å². The fraction of sp³-hybridized carbons (Fsp3) is 0.409. The summed E-state index contributed by atoms with van der Waals surface area (Å²) in [5.41, 5.74) is 0.784. The van der Waals surface area contributed by atoms with Crippen LogP contribution >= 0.6 is 0 Å². The van der Waals surface area contributed by atoms with Crippen LogP contribution in [0, 0.1) is 0 Å². The molecule has 1 aliphatic heterocycles. The molecule has 1 heterocycles. The molecule has 0 aliphatic carbocycles. The van der Waals surface area contributed by atoms with Gasteiger partial charge >= 0.3 is 0 Å². The molecular weight excluding hydrogens is 408 g/mol. The molecule has 2 aromatic rings. The largest absolute Gasteiger partial charge is 0.504 e. The molecule has 0 unspecified atom stereocenters. The van der Waals surface area contributed by atoms with Crippen LogP contribution in [0.1, 0.15) is 41.3 Å². The second-order valence-electron chi connectivity index (χ2n) is 7.32. The zero-order chi connectivity index (χ0) is 22.7. The van der Waals surface area contributed by atoms with E-state index in [4.69, 9.17) is 18.9 Å². The summed E-state index contributed by atoms with van der Waals surface area (Å²) in [4.78, 5) is 12.8. The Labute approximate surface area is 179 Å². The number of ether oxygens (including phenoxy) is 4. The molecule has 0 aromatic heterocycles. The van der Waals surface area contributed by atoms with Crippen molar-refractivity contribution in [1.82, 2.24) is 0 Å². The van der Waals surface area contributed by atoms with Crippen molar-refractivity contribution in [1.29, 1.82) is 0 Å². The first-order valence-corrected chi connectivity index (χ1v) is 9.68. The molecule has 168 valence electrons. The Balaban J connectivity index is 1.80. The van der Waals surface area contributed by atoms with E-state index in [1.54, 1.807) is 12.1 Å². The number of rotatable bonds is 7. The fourth-order valence-electron chi connectivity index (χ4n) is 3.67. The fourth-order valence-corrected chi connectivity index (χ4v) is 3.67. The van der Waals surface area contributed by atoms with Crippen LogP contribution in [0.25, 0.3) is 0 Å². The van der Waals surface area contributed by atoms with E-state index in [9.17, 15) is 25.2 Å². The number of ketones is 1. The average molecular weight is 434 g/mol. The maximum absolute atomic E-state index is 12.8. The van der Waals surface area contributed by atoms with Gasteiger partial charge in [0.25, 0.3) is 0 Å². The third-order valence-electron chi connectivity index (χ3n) is 5.26. The number of benzene rings is 2. The average Bonchev–Trinajstić information content (AvgIpc) is 2.75. The Bertz CT molecular complexity index is 931. The number of aliphatic hydroxyl groups excluding tert-OH is 1. The van der Waals surface area contributed by atoms with Crippen LogP contribution < -0.4 is 14.2 Å². The summed E-state index contributed by atoms with van der Waals surface area (Å²) in [6.45, 7) is 0. The molecule has 3 rings (SSSR count). The van der Waals surface area contributed by atoms with Crippen molar-refractivity contribution in [3.8, 4) is 34.5 Å². The highest BCUT2D eigenvalue weighted by Crippen LogP contribution is 2.42. The van der Waals surface area contributed by atoms with E-state index in [-0.39, 0.29) is 47.2 Å². The zero-order valence-electron chi connectivity index (χ0n) is 17.5. The molecule has 0 saturated carbocycles. The molecule has 1 saturated heterocycles. The maximum atomic E-state index is 12.8. The van der Waals surface area contributed by atoms with Crippen molar-refractivity contribution in [3.63, 3.8) is 0 Å². The Kier molecular flexibility index (Phi) is 6.77. The van der Waals surface area contributed by atoms with Gasteiger partial charge in [0, 0.05) is 24.8 Å². The minimum atomic E-state index is -0.704. The number of phenols is 3. The maximum Gasteiger partial charge on any atom is 0.200 e. The van der Waals surface area contributed by atoms with Crippen molar-refractivity contribution < 1.29 is 44.2 Å². The molecule has 2 aromatic carbocycles. The van der Waals surface area contributed by atoms with E-state index in [0.29, 0.717) is 12.0 Å². The topological polar surface area (TPSA) is 135 Å². The van der Waals surface area contributed by atoms with Gasteiger partial charge in [-0.2, -0.15) is 0 Å². The van der Waals surface area contributed by atoms with Gasteiger partial charge < -0.3 is 39.4 Å². The molecule has 0 radical (unpaired) electrons. The molecule has 9 nitrogen and oxygen atoms in total. The first-order valence-electron chi connectivity index (χ1n) is 9.68. The SMILES string of the molecule is COc1cc(C(=O)C[C@@H]2C[C@H](O)C[C@H](c3cc(OC)c(O)c(OC)c3)O2)cc(O)c1O. The number of carbonyl (C=O) groups is 1. The smallest absolute Gasteiger partial charge is 0.200 e. The van der Waals surface area contributed by atoms with Crippen LogP contribution in [-0.2, 0) is 4.74 Å². The van der Waals surface area contributed by atoms with Gasteiger partial charge in [-0.15, -0.1) is 0 Å². The normalized spacial score (nSPS) is 20.8. The second-order valence-corrected chi connectivity index (χ2v) is 7.32. The number of Topliss-reactive ketones (excluding diaryl/α,β-unsaturated/α-hetero) is 1. The van der Waals surface area contributed by atoms with E-state index in [1.807, 2.05) is 0 Å². The minimum absolute atomic E-state index is 0.0193. The molecule has 3 atom stereocenters. The van der Waals surface area contributed by atoms with Crippen molar-refractivity contribution >= 4 is 5.78 Å². The summed E-state index contributed by atoms with van der Waals surface area (Å²) < 4.78 is 21.4. The molecule has 1 aliphatic rings. The third kappa shape index (κ3) is 4.78.